The summed E-state index contributed by atoms with van der Waals surface area (Å²) in [5.74, 6) is 1.03. The Bertz CT molecular complexity index is 609. The van der Waals surface area contributed by atoms with E-state index >= 15 is 0 Å². The summed E-state index contributed by atoms with van der Waals surface area (Å²) in [6.07, 6.45) is 1.12. The second-order valence-corrected chi connectivity index (χ2v) is 4.53. The number of nitrogens with zero attached hydrogens (tertiary/aromatic N) is 1. The number of hydrogen-bond donors (Lipinski definition) is 2. The summed E-state index contributed by atoms with van der Waals surface area (Å²) in [5.41, 5.74) is 3.68. The summed E-state index contributed by atoms with van der Waals surface area (Å²) in [5, 5.41) is 10.3. The number of aliphatic imine (C=N–C) groups is 1. The number of benzene rings is 2. The quantitative estimate of drug-likeness (QED) is 0.833. The van der Waals surface area contributed by atoms with Gasteiger partial charge in [-0.1, -0.05) is 54.6 Å². The maximum Gasteiger partial charge on any atom is 0.290 e. The van der Waals surface area contributed by atoms with Crippen molar-refractivity contribution in [1.82, 2.24) is 5.32 Å². The number of nitrogens with one attached hydrogen (secondary N) is 1. The Hall–Kier alpha value is -2.62. The fourth-order valence-electron chi connectivity index (χ4n) is 2.27. The number of carbonyl (C=O) groups is 1. The van der Waals surface area contributed by atoms with Crippen molar-refractivity contribution >= 4 is 12.3 Å². The molecule has 0 amide bonds. The van der Waals surface area contributed by atoms with Crippen molar-refractivity contribution in [2.24, 2.45) is 4.99 Å². The van der Waals surface area contributed by atoms with E-state index in [1.807, 2.05) is 6.07 Å². The third-order valence-corrected chi connectivity index (χ3v) is 3.16. The number of hydrogen-bond acceptors (Lipinski definition) is 3. The van der Waals surface area contributed by atoms with Gasteiger partial charge < -0.3 is 10.4 Å². The van der Waals surface area contributed by atoms with E-state index in [4.69, 9.17) is 9.90 Å². The summed E-state index contributed by atoms with van der Waals surface area (Å²) >= 11 is 0. The molecule has 2 aromatic carbocycles. The van der Waals surface area contributed by atoms with E-state index in [1.54, 1.807) is 0 Å². The zero-order chi connectivity index (χ0) is 14.9. The molecule has 1 aliphatic rings. The summed E-state index contributed by atoms with van der Waals surface area (Å²) in [6, 6.07) is 18.9. The third-order valence-electron chi connectivity index (χ3n) is 3.16. The van der Waals surface area contributed by atoms with Gasteiger partial charge in [-0.15, -0.1) is 0 Å². The van der Waals surface area contributed by atoms with E-state index in [0.29, 0.717) is 0 Å². The molecule has 0 saturated heterocycles. The molecule has 0 fully saturated rings. The van der Waals surface area contributed by atoms with Gasteiger partial charge in [0.2, 0.25) is 0 Å². The predicted octanol–water partition coefficient (Wildman–Crippen LogP) is 2.79. The summed E-state index contributed by atoms with van der Waals surface area (Å²) in [6.45, 7) is 1.69. The van der Waals surface area contributed by atoms with Crippen molar-refractivity contribution in [2.45, 2.75) is 6.42 Å². The third kappa shape index (κ3) is 3.92. The van der Waals surface area contributed by atoms with E-state index < -0.39 is 0 Å². The largest absolute Gasteiger partial charge is 0.483 e. The van der Waals surface area contributed by atoms with Gasteiger partial charge in [0, 0.05) is 18.7 Å². The first kappa shape index (κ1) is 14.8. The van der Waals surface area contributed by atoms with Crippen molar-refractivity contribution in [3.05, 3.63) is 60.2 Å². The lowest BCUT2D eigenvalue weighted by molar-refractivity contribution is -0.122. The van der Waals surface area contributed by atoms with Gasteiger partial charge in [-0.3, -0.25) is 9.79 Å². The zero-order valence-electron chi connectivity index (χ0n) is 11.7. The standard InChI is InChI=1S/C16H16N2.CH2O2/c1-2-7-13(8-3-1)14-9-4-5-10-15(14)16-17-11-6-12-18-16;2-1-3/h1-5,7-10H,6,11-12H2,(H,17,18);1H,(H,2,3). The van der Waals surface area contributed by atoms with E-state index in [2.05, 4.69) is 58.8 Å². The first-order valence-electron chi connectivity index (χ1n) is 6.88. The molecule has 1 heterocycles. The maximum absolute atomic E-state index is 8.36. The Kier molecular flexibility index (Phi) is 5.52. The Morgan fingerprint density at radius 3 is 2.24 bits per heavy atom. The number of carboxylic acid groups (broad SMARTS) is 1. The summed E-state index contributed by atoms with van der Waals surface area (Å²) in [4.78, 5) is 13.0. The van der Waals surface area contributed by atoms with E-state index in [0.717, 1.165) is 25.3 Å². The van der Waals surface area contributed by atoms with Crippen LogP contribution in [0.5, 0.6) is 0 Å². The second-order valence-electron chi connectivity index (χ2n) is 4.53. The molecule has 21 heavy (non-hydrogen) atoms. The highest BCUT2D eigenvalue weighted by Crippen LogP contribution is 2.23. The van der Waals surface area contributed by atoms with Gasteiger partial charge in [0.05, 0.1) is 0 Å². The van der Waals surface area contributed by atoms with E-state index in [9.17, 15) is 0 Å². The molecular formula is C17H18N2O2. The van der Waals surface area contributed by atoms with Crippen molar-refractivity contribution in [2.75, 3.05) is 13.1 Å². The molecular weight excluding hydrogens is 264 g/mol. The molecule has 0 aromatic heterocycles. The van der Waals surface area contributed by atoms with Crippen molar-refractivity contribution in [3.63, 3.8) is 0 Å². The highest BCUT2D eigenvalue weighted by atomic mass is 16.3. The number of rotatable bonds is 2. The van der Waals surface area contributed by atoms with Crippen LogP contribution in [0.15, 0.2) is 59.6 Å². The summed E-state index contributed by atoms with van der Waals surface area (Å²) in [7, 11) is 0. The average Bonchev–Trinajstić information content (AvgIpc) is 2.57. The van der Waals surface area contributed by atoms with Crippen LogP contribution in [-0.4, -0.2) is 30.5 Å². The molecule has 0 atom stereocenters. The topological polar surface area (TPSA) is 61.7 Å². The molecule has 4 nitrogen and oxygen atoms in total. The molecule has 1 aliphatic heterocycles. The lowest BCUT2D eigenvalue weighted by Crippen LogP contribution is -2.30. The molecule has 0 aliphatic carbocycles. The van der Waals surface area contributed by atoms with Gasteiger partial charge >= 0.3 is 0 Å². The van der Waals surface area contributed by atoms with Gasteiger partial charge in [0.1, 0.15) is 5.84 Å². The SMILES string of the molecule is O=CO.c1ccc(-c2ccccc2C2=NCCCN2)cc1. The first-order valence-corrected chi connectivity index (χ1v) is 6.88. The molecule has 0 unspecified atom stereocenters. The molecule has 0 radical (unpaired) electrons. The van der Waals surface area contributed by atoms with Crippen molar-refractivity contribution in [1.29, 1.82) is 0 Å². The normalized spacial score (nSPS) is 13.2. The van der Waals surface area contributed by atoms with Crippen LogP contribution in [0.2, 0.25) is 0 Å². The van der Waals surface area contributed by atoms with E-state index in [1.165, 1.54) is 16.7 Å². The minimum absolute atomic E-state index is 0.250. The lowest BCUT2D eigenvalue weighted by atomic mass is 9.98. The molecule has 2 N–H and O–H groups in total. The van der Waals surface area contributed by atoms with Crippen molar-refractivity contribution < 1.29 is 9.90 Å². The monoisotopic (exact) mass is 282 g/mol. The van der Waals surface area contributed by atoms with Gasteiger partial charge in [0.25, 0.3) is 6.47 Å². The molecule has 0 bridgehead atoms. The number of amidine groups is 1. The summed E-state index contributed by atoms with van der Waals surface area (Å²) < 4.78 is 0. The van der Waals surface area contributed by atoms with Crippen LogP contribution in [0, 0.1) is 0 Å². The molecule has 2 aromatic rings. The fourth-order valence-corrected chi connectivity index (χ4v) is 2.27. The highest BCUT2D eigenvalue weighted by Gasteiger charge is 2.11. The lowest BCUT2D eigenvalue weighted by Gasteiger charge is -2.17. The Balaban J connectivity index is 0.000000497. The van der Waals surface area contributed by atoms with Gasteiger partial charge in [-0.2, -0.15) is 0 Å². The smallest absolute Gasteiger partial charge is 0.290 e. The fraction of sp³-hybridized carbons (Fsp3) is 0.176. The van der Waals surface area contributed by atoms with Gasteiger partial charge in [-0.05, 0) is 17.5 Å². The van der Waals surface area contributed by atoms with Crippen LogP contribution >= 0.6 is 0 Å². The first-order chi connectivity index (χ1) is 10.4. The van der Waals surface area contributed by atoms with E-state index in [-0.39, 0.29) is 6.47 Å². The van der Waals surface area contributed by atoms with Crippen LogP contribution in [0.1, 0.15) is 12.0 Å². The van der Waals surface area contributed by atoms with Crippen molar-refractivity contribution in [3.8, 4) is 11.1 Å². The molecule has 4 heteroatoms. The minimum Gasteiger partial charge on any atom is -0.483 e. The van der Waals surface area contributed by atoms with Crippen LogP contribution in [0.4, 0.5) is 0 Å². The Morgan fingerprint density at radius 1 is 1.00 bits per heavy atom. The van der Waals surface area contributed by atoms with Crippen LogP contribution in [-0.2, 0) is 4.79 Å². The Labute approximate surface area is 124 Å². The van der Waals surface area contributed by atoms with Crippen LogP contribution < -0.4 is 5.32 Å². The maximum atomic E-state index is 8.36. The predicted molar refractivity (Wildman–Crippen MR) is 84.6 cm³/mol. The molecule has 0 saturated carbocycles. The minimum atomic E-state index is -0.250. The highest BCUT2D eigenvalue weighted by molar-refractivity contribution is 6.04. The second kappa shape index (κ2) is 7.85. The van der Waals surface area contributed by atoms with Crippen LogP contribution in [0.3, 0.4) is 0 Å². The van der Waals surface area contributed by atoms with Gasteiger partial charge in [0.15, 0.2) is 0 Å². The van der Waals surface area contributed by atoms with Gasteiger partial charge in [-0.25, -0.2) is 0 Å². The molecule has 3 rings (SSSR count). The molecule has 108 valence electrons. The molecule has 0 spiro atoms. The Morgan fingerprint density at radius 2 is 1.62 bits per heavy atom. The average molecular weight is 282 g/mol. The van der Waals surface area contributed by atoms with Crippen LogP contribution in [0.25, 0.3) is 11.1 Å². The zero-order valence-corrected chi connectivity index (χ0v) is 11.7.